The normalized spacial score (nSPS) is 55.4. The molecule has 1 spiro atoms. The molecule has 0 aromatic carbocycles. The van der Waals surface area contributed by atoms with Gasteiger partial charge in [0.05, 0.1) is 18.8 Å². The fraction of sp³-hybridized carbons (Fsp3) is 0.935. The fourth-order valence-corrected chi connectivity index (χ4v) is 11.0. The summed E-state index contributed by atoms with van der Waals surface area (Å²) in [5.41, 5.74) is 0.00274. The standard InChI is InChI=1S/C31H48O7/c1-16-9-12-31(35-15-16)17(2)25-28(38-31)27(34)26-21-8-7-20-13-23(36-18(3)32)24(37-19(4)33)14-30(20,6)22(21)10-11-29(25,26)5/h16-17,20-28,34H,7-15H2,1-6H3/t16-,17+,20+,21-,22+,23-,24-,25+,26-,27+,28-,29-,30+,31-/m1/s1. The molecule has 6 rings (SSSR count). The molecule has 2 saturated heterocycles. The van der Waals surface area contributed by atoms with Crippen LogP contribution in [0.2, 0.25) is 0 Å². The van der Waals surface area contributed by atoms with Crippen molar-refractivity contribution in [2.24, 2.45) is 52.3 Å². The van der Waals surface area contributed by atoms with Gasteiger partial charge >= 0.3 is 11.9 Å². The first-order valence-corrected chi connectivity index (χ1v) is 15.2. The second-order valence-corrected chi connectivity index (χ2v) is 14.5. The zero-order valence-corrected chi connectivity index (χ0v) is 24.1. The molecule has 38 heavy (non-hydrogen) atoms. The minimum Gasteiger partial charge on any atom is -0.459 e. The number of carbonyl (C=O) groups excluding carboxylic acids is 2. The van der Waals surface area contributed by atoms with Gasteiger partial charge in [-0.15, -0.1) is 0 Å². The van der Waals surface area contributed by atoms with Gasteiger partial charge in [0, 0.05) is 32.1 Å². The first-order valence-electron chi connectivity index (χ1n) is 15.2. The van der Waals surface area contributed by atoms with Gasteiger partial charge in [0.15, 0.2) is 5.79 Å². The number of esters is 2. The van der Waals surface area contributed by atoms with E-state index in [2.05, 4.69) is 27.7 Å². The Kier molecular flexibility index (Phi) is 6.52. The zero-order chi connectivity index (χ0) is 27.2. The minimum atomic E-state index is -0.538. The first kappa shape index (κ1) is 27.0. The Morgan fingerprint density at radius 3 is 2.26 bits per heavy atom. The van der Waals surface area contributed by atoms with E-state index in [0.29, 0.717) is 36.0 Å². The Hall–Kier alpha value is -1.18. The molecular weight excluding hydrogens is 484 g/mol. The lowest BCUT2D eigenvalue weighted by atomic mass is 9.44. The minimum absolute atomic E-state index is 0.0191. The van der Waals surface area contributed by atoms with E-state index in [-0.39, 0.29) is 46.8 Å². The third-order valence-electron chi connectivity index (χ3n) is 12.6. The molecule has 14 atom stereocenters. The number of hydrogen-bond acceptors (Lipinski definition) is 7. The summed E-state index contributed by atoms with van der Waals surface area (Å²) in [6.45, 7) is 13.0. The number of carbonyl (C=O) groups is 2. The number of fused-ring (bicyclic) bond motifs is 7. The molecule has 0 amide bonds. The molecule has 0 bridgehead atoms. The van der Waals surface area contributed by atoms with E-state index in [4.69, 9.17) is 18.9 Å². The van der Waals surface area contributed by atoms with E-state index in [9.17, 15) is 14.7 Å². The van der Waals surface area contributed by atoms with Gasteiger partial charge in [-0.3, -0.25) is 9.59 Å². The molecule has 1 N–H and O–H groups in total. The van der Waals surface area contributed by atoms with Crippen LogP contribution >= 0.6 is 0 Å². The third-order valence-corrected chi connectivity index (χ3v) is 12.6. The quantitative estimate of drug-likeness (QED) is 0.507. The summed E-state index contributed by atoms with van der Waals surface area (Å²) in [6.07, 6.45) is 6.38. The number of hydrogen-bond donors (Lipinski definition) is 1. The molecule has 6 fully saturated rings. The second kappa shape index (κ2) is 9.17. The van der Waals surface area contributed by atoms with E-state index in [1.807, 2.05) is 0 Å². The van der Waals surface area contributed by atoms with Crippen LogP contribution in [0.15, 0.2) is 0 Å². The average molecular weight is 533 g/mol. The van der Waals surface area contributed by atoms with Crippen LogP contribution in [0.4, 0.5) is 0 Å². The SMILES string of the molecule is CC(=O)O[C@@H]1C[C@@H]2CC[C@H]3[C@@H]4[C@H](O)[C@@H]5O[C@]6(CC[C@@H](C)CO6)[C@@H](C)[C@@H]5[C@@]4(C)CC[C@@H]3[C@@]2(C)C[C@H]1OC(C)=O. The average Bonchev–Trinajstić information content (AvgIpc) is 3.24. The van der Waals surface area contributed by atoms with Crippen LogP contribution in [0.25, 0.3) is 0 Å². The summed E-state index contributed by atoms with van der Waals surface area (Å²) >= 11 is 0. The summed E-state index contributed by atoms with van der Waals surface area (Å²) < 4.78 is 24.7. The largest absolute Gasteiger partial charge is 0.459 e. The molecule has 0 aromatic heterocycles. The van der Waals surface area contributed by atoms with Crippen LogP contribution in [0.3, 0.4) is 0 Å². The van der Waals surface area contributed by atoms with Crippen molar-refractivity contribution in [2.75, 3.05) is 6.61 Å². The van der Waals surface area contributed by atoms with Crippen LogP contribution < -0.4 is 0 Å². The zero-order valence-electron chi connectivity index (χ0n) is 24.1. The maximum absolute atomic E-state index is 12.0. The van der Waals surface area contributed by atoms with E-state index in [1.165, 1.54) is 13.8 Å². The van der Waals surface area contributed by atoms with Gasteiger partial charge in [-0.05, 0) is 85.4 Å². The molecule has 214 valence electrons. The number of ether oxygens (including phenoxy) is 4. The van der Waals surface area contributed by atoms with Gasteiger partial charge in [-0.25, -0.2) is 0 Å². The molecule has 2 heterocycles. The van der Waals surface area contributed by atoms with Crippen molar-refractivity contribution in [1.29, 1.82) is 0 Å². The van der Waals surface area contributed by atoms with Crippen molar-refractivity contribution in [2.45, 2.75) is 123 Å². The molecule has 4 aliphatic carbocycles. The van der Waals surface area contributed by atoms with Crippen LogP contribution in [-0.2, 0) is 28.5 Å². The molecule has 0 unspecified atom stereocenters. The van der Waals surface area contributed by atoms with Gasteiger partial charge in [0.25, 0.3) is 0 Å². The Labute approximate surface area is 227 Å². The van der Waals surface area contributed by atoms with E-state index >= 15 is 0 Å². The van der Waals surface area contributed by atoms with Crippen LogP contribution in [0, 0.1) is 52.3 Å². The van der Waals surface area contributed by atoms with Crippen LogP contribution in [-0.4, -0.2) is 53.9 Å². The van der Waals surface area contributed by atoms with Crippen molar-refractivity contribution in [3.05, 3.63) is 0 Å². The molecule has 7 nitrogen and oxygen atoms in total. The van der Waals surface area contributed by atoms with Gasteiger partial charge in [-0.2, -0.15) is 0 Å². The molecule has 4 saturated carbocycles. The molecule has 2 aliphatic heterocycles. The highest BCUT2D eigenvalue weighted by Crippen LogP contribution is 2.71. The highest BCUT2D eigenvalue weighted by molar-refractivity contribution is 5.67. The topological polar surface area (TPSA) is 91.3 Å². The lowest BCUT2D eigenvalue weighted by molar-refractivity contribution is -0.282. The van der Waals surface area contributed by atoms with E-state index in [0.717, 1.165) is 51.6 Å². The summed E-state index contributed by atoms with van der Waals surface area (Å²) in [7, 11) is 0. The molecule has 0 radical (unpaired) electrons. The molecule has 0 aromatic rings. The van der Waals surface area contributed by atoms with Crippen LogP contribution in [0.1, 0.15) is 92.9 Å². The van der Waals surface area contributed by atoms with Crippen molar-refractivity contribution in [3.8, 4) is 0 Å². The van der Waals surface area contributed by atoms with Crippen LogP contribution in [0.5, 0.6) is 0 Å². The fourth-order valence-electron chi connectivity index (χ4n) is 11.0. The van der Waals surface area contributed by atoms with E-state index in [1.54, 1.807) is 0 Å². The number of aliphatic hydroxyl groups is 1. The summed E-state index contributed by atoms with van der Waals surface area (Å²) in [4.78, 5) is 23.8. The van der Waals surface area contributed by atoms with Crippen molar-refractivity contribution in [1.82, 2.24) is 0 Å². The Morgan fingerprint density at radius 2 is 1.61 bits per heavy atom. The smallest absolute Gasteiger partial charge is 0.303 e. The van der Waals surface area contributed by atoms with Gasteiger partial charge < -0.3 is 24.1 Å². The number of rotatable bonds is 2. The monoisotopic (exact) mass is 532 g/mol. The third kappa shape index (κ3) is 3.84. The summed E-state index contributed by atoms with van der Waals surface area (Å²) in [5.74, 6) is 1.42. The van der Waals surface area contributed by atoms with Gasteiger partial charge in [-0.1, -0.05) is 27.7 Å². The maximum atomic E-state index is 12.0. The Bertz CT molecular complexity index is 958. The summed E-state index contributed by atoms with van der Waals surface area (Å²) in [5, 5.41) is 12.0. The second-order valence-electron chi connectivity index (χ2n) is 14.5. The highest BCUT2D eigenvalue weighted by atomic mass is 16.7. The number of aliphatic hydroxyl groups excluding tert-OH is 1. The lowest BCUT2D eigenvalue weighted by Gasteiger charge is -2.62. The van der Waals surface area contributed by atoms with Crippen molar-refractivity contribution in [3.63, 3.8) is 0 Å². The van der Waals surface area contributed by atoms with Gasteiger partial charge in [0.2, 0.25) is 0 Å². The Balaban J connectivity index is 1.26. The predicted octanol–water partition coefficient (Wildman–Crippen LogP) is 4.88. The van der Waals surface area contributed by atoms with Gasteiger partial charge in [0.1, 0.15) is 12.2 Å². The highest BCUT2D eigenvalue weighted by Gasteiger charge is 2.72. The Morgan fingerprint density at radius 1 is 0.895 bits per heavy atom. The van der Waals surface area contributed by atoms with Crippen molar-refractivity contribution >= 4 is 11.9 Å². The molecule has 6 aliphatic rings. The first-order chi connectivity index (χ1) is 17.9. The van der Waals surface area contributed by atoms with E-state index < -0.39 is 18.0 Å². The van der Waals surface area contributed by atoms with Crippen molar-refractivity contribution < 1.29 is 33.6 Å². The maximum Gasteiger partial charge on any atom is 0.303 e. The lowest BCUT2D eigenvalue weighted by Crippen LogP contribution is -2.59. The predicted molar refractivity (Wildman–Crippen MR) is 140 cm³/mol. The summed E-state index contributed by atoms with van der Waals surface area (Å²) in [6, 6.07) is 0. The molecular formula is C31H48O7. The molecule has 7 heteroatoms.